The molecule has 2 atom stereocenters. The van der Waals surface area contributed by atoms with Crippen molar-refractivity contribution in [3.8, 4) is 0 Å². The van der Waals surface area contributed by atoms with Gasteiger partial charge in [0.2, 0.25) is 0 Å². The Labute approximate surface area is 54.3 Å². The summed E-state index contributed by atoms with van der Waals surface area (Å²) in [7, 11) is 0. The van der Waals surface area contributed by atoms with Gasteiger partial charge in [-0.3, -0.25) is 0 Å². The molecule has 0 aliphatic carbocycles. The van der Waals surface area contributed by atoms with E-state index >= 15 is 0 Å². The number of aliphatic hydroxyl groups is 3. The molecule has 0 aromatic heterocycles. The zero-order chi connectivity index (χ0) is 7.28. The SMILES string of the molecule is CC(O)C(O)C=CCO. The van der Waals surface area contributed by atoms with E-state index in [4.69, 9.17) is 15.3 Å². The van der Waals surface area contributed by atoms with Crippen molar-refractivity contribution in [3.63, 3.8) is 0 Å². The summed E-state index contributed by atoms with van der Waals surface area (Å²) in [6.45, 7) is 1.37. The molecule has 54 valence electrons. The van der Waals surface area contributed by atoms with Crippen molar-refractivity contribution < 1.29 is 15.3 Å². The maximum Gasteiger partial charge on any atom is 0.0977 e. The maximum atomic E-state index is 8.81. The zero-order valence-electron chi connectivity index (χ0n) is 5.36. The van der Waals surface area contributed by atoms with Gasteiger partial charge in [-0.05, 0) is 6.92 Å². The Kier molecular flexibility index (Phi) is 4.30. The van der Waals surface area contributed by atoms with Crippen LogP contribution in [0, 0.1) is 0 Å². The fourth-order valence-corrected chi connectivity index (χ4v) is 0.361. The highest BCUT2D eigenvalue weighted by atomic mass is 16.3. The van der Waals surface area contributed by atoms with Crippen LogP contribution in [0.5, 0.6) is 0 Å². The first kappa shape index (κ1) is 8.62. The molecule has 3 heteroatoms. The quantitative estimate of drug-likeness (QED) is 0.444. The lowest BCUT2D eigenvalue weighted by Crippen LogP contribution is -2.19. The molecule has 0 aromatic rings. The second kappa shape index (κ2) is 4.49. The molecule has 3 N–H and O–H groups in total. The standard InChI is InChI=1S/C6H12O3/c1-5(8)6(9)3-2-4-7/h2-3,5-9H,4H2,1H3. The van der Waals surface area contributed by atoms with Gasteiger partial charge in [0.15, 0.2) is 0 Å². The van der Waals surface area contributed by atoms with E-state index in [0.29, 0.717) is 0 Å². The summed E-state index contributed by atoms with van der Waals surface area (Å²) in [5, 5.41) is 25.7. The Morgan fingerprint density at radius 2 is 2.00 bits per heavy atom. The molecule has 0 saturated heterocycles. The van der Waals surface area contributed by atoms with E-state index in [1.165, 1.54) is 19.1 Å². The molecule has 0 aliphatic heterocycles. The van der Waals surface area contributed by atoms with Crippen molar-refractivity contribution >= 4 is 0 Å². The summed E-state index contributed by atoms with van der Waals surface area (Å²) in [6.07, 6.45) is 1.10. The molecule has 0 rings (SSSR count). The molecule has 0 saturated carbocycles. The van der Waals surface area contributed by atoms with Crippen LogP contribution in [0.25, 0.3) is 0 Å². The first-order valence-electron chi connectivity index (χ1n) is 2.82. The van der Waals surface area contributed by atoms with Crippen LogP contribution in [-0.4, -0.2) is 34.1 Å². The Balaban J connectivity index is 3.48. The van der Waals surface area contributed by atoms with Gasteiger partial charge in [0.05, 0.1) is 18.8 Å². The van der Waals surface area contributed by atoms with Crippen molar-refractivity contribution in [2.75, 3.05) is 6.61 Å². The van der Waals surface area contributed by atoms with Gasteiger partial charge in [-0.1, -0.05) is 12.2 Å². The Bertz CT molecular complexity index is 88.3. The molecule has 2 unspecified atom stereocenters. The topological polar surface area (TPSA) is 60.7 Å². The highest BCUT2D eigenvalue weighted by Gasteiger charge is 2.04. The predicted octanol–water partition coefficient (Wildman–Crippen LogP) is -0.723. The van der Waals surface area contributed by atoms with Gasteiger partial charge < -0.3 is 15.3 Å². The second-order valence-electron chi connectivity index (χ2n) is 1.84. The first-order valence-corrected chi connectivity index (χ1v) is 2.82. The van der Waals surface area contributed by atoms with Crippen LogP contribution in [0.4, 0.5) is 0 Å². The number of aliphatic hydroxyl groups excluding tert-OH is 3. The molecular weight excluding hydrogens is 120 g/mol. The van der Waals surface area contributed by atoms with Gasteiger partial charge in [0.1, 0.15) is 0 Å². The average molecular weight is 132 g/mol. The monoisotopic (exact) mass is 132 g/mol. The van der Waals surface area contributed by atoms with Crippen molar-refractivity contribution in [1.29, 1.82) is 0 Å². The Morgan fingerprint density at radius 3 is 2.33 bits per heavy atom. The lowest BCUT2D eigenvalue weighted by atomic mass is 10.2. The van der Waals surface area contributed by atoms with E-state index in [2.05, 4.69) is 0 Å². The third kappa shape index (κ3) is 4.14. The molecule has 0 amide bonds. The van der Waals surface area contributed by atoms with Crippen LogP contribution in [0.2, 0.25) is 0 Å². The Morgan fingerprint density at radius 1 is 1.44 bits per heavy atom. The van der Waals surface area contributed by atoms with E-state index in [-0.39, 0.29) is 6.61 Å². The summed E-state index contributed by atoms with van der Waals surface area (Å²) in [5.41, 5.74) is 0. The summed E-state index contributed by atoms with van der Waals surface area (Å²) >= 11 is 0. The van der Waals surface area contributed by atoms with Gasteiger partial charge in [-0.2, -0.15) is 0 Å². The zero-order valence-corrected chi connectivity index (χ0v) is 5.36. The van der Waals surface area contributed by atoms with Crippen LogP contribution in [0.1, 0.15) is 6.92 Å². The first-order chi connectivity index (χ1) is 4.18. The highest BCUT2D eigenvalue weighted by Crippen LogP contribution is 1.92. The minimum Gasteiger partial charge on any atom is -0.392 e. The molecular formula is C6H12O3. The number of rotatable bonds is 3. The second-order valence-corrected chi connectivity index (χ2v) is 1.84. The van der Waals surface area contributed by atoms with Crippen LogP contribution in [0.15, 0.2) is 12.2 Å². The predicted molar refractivity (Wildman–Crippen MR) is 33.9 cm³/mol. The molecule has 0 bridgehead atoms. The maximum absolute atomic E-state index is 8.81. The smallest absolute Gasteiger partial charge is 0.0977 e. The molecule has 0 aliphatic rings. The van der Waals surface area contributed by atoms with Crippen LogP contribution >= 0.6 is 0 Å². The van der Waals surface area contributed by atoms with Gasteiger partial charge in [0.25, 0.3) is 0 Å². The molecule has 0 aromatic carbocycles. The molecule has 0 fully saturated rings. The third-order valence-electron chi connectivity index (χ3n) is 0.933. The van der Waals surface area contributed by atoms with Crippen LogP contribution < -0.4 is 0 Å². The van der Waals surface area contributed by atoms with Gasteiger partial charge in [-0.15, -0.1) is 0 Å². The summed E-state index contributed by atoms with van der Waals surface area (Å²) in [6, 6.07) is 0. The number of hydrogen-bond donors (Lipinski definition) is 3. The largest absolute Gasteiger partial charge is 0.392 e. The summed E-state index contributed by atoms with van der Waals surface area (Å²) in [4.78, 5) is 0. The minimum atomic E-state index is -0.864. The minimum absolute atomic E-state index is 0.107. The van der Waals surface area contributed by atoms with Crippen LogP contribution in [0.3, 0.4) is 0 Å². The van der Waals surface area contributed by atoms with E-state index < -0.39 is 12.2 Å². The Hall–Kier alpha value is -0.380. The summed E-state index contributed by atoms with van der Waals surface area (Å²) in [5.74, 6) is 0. The molecule has 3 nitrogen and oxygen atoms in total. The van der Waals surface area contributed by atoms with Crippen molar-refractivity contribution in [2.24, 2.45) is 0 Å². The van der Waals surface area contributed by atoms with E-state index in [0.717, 1.165) is 0 Å². The van der Waals surface area contributed by atoms with E-state index in [1.807, 2.05) is 0 Å². The van der Waals surface area contributed by atoms with Crippen molar-refractivity contribution in [1.82, 2.24) is 0 Å². The van der Waals surface area contributed by atoms with E-state index in [1.54, 1.807) is 0 Å². The third-order valence-corrected chi connectivity index (χ3v) is 0.933. The van der Waals surface area contributed by atoms with Gasteiger partial charge >= 0.3 is 0 Å². The normalized spacial score (nSPS) is 18.2. The van der Waals surface area contributed by atoms with E-state index in [9.17, 15) is 0 Å². The molecule has 0 heterocycles. The van der Waals surface area contributed by atoms with Gasteiger partial charge in [-0.25, -0.2) is 0 Å². The highest BCUT2D eigenvalue weighted by molar-refractivity contribution is 4.90. The lowest BCUT2D eigenvalue weighted by Gasteiger charge is -2.06. The molecule has 0 spiro atoms. The molecule has 9 heavy (non-hydrogen) atoms. The van der Waals surface area contributed by atoms with Gasteiger partial charge in [0, 0.05) is 0 Å². The average Bonchev–Trinajstić information content (AvgIpc) is 1.82. The lowest BCUT2D eigenvalue weighted by molar-refractivity contribution is 0.0615. The fourth-order valence-electron chi connectivity index (χ4n) is 0.361. The van der Waals surface area contributed by atoms with Crippen LogP contribution in [-0.2, 0) is 0 Å². The van der Waals surface area contributed by atoms with Crippen molar-refractivity contribution in [3.05, 3.63) is 12.2 Å². The molecule has 0 radical (unpaired) electrons. The number of hydrogen-bond acceptors (Lipinski definition) is 3. The fraction of sp³-hybridized carbons (Fsp3) is 0.667. The van der Waals surface area contributed by atoms with Crippen molar-refractivity contribution in [2.45, 2.75) is 19.1 Å². The summed E-state index contributed by atoms with van der Waals surface area (Å²) < 4.78 is 0.